The second-order valence-corrected chi connectivity index (χ2v) is 6.48. The zero-order chi connectivity index (χ0) is 21.3. The van der Waals surface area contributed by atoms with Gasteiger partial charge in [0.1, 0.15) is 0 Å². The monoisotopic (exact) mass is 412 g/mol. The highest BCUT2D eigenvalue weighted by atomic mass is 16.5. The molecule has 1 heterocycles. The fourth-order valence-corrected chi connectivity index (χ4v) is 2.86. The molecule has 9 nitrogen and oxygen atoms in total. The van der Waals surface area contributed by atoms with Crippen molar-refractivity contribution < 1.29 is 23.8 Å². The molecule has 2 aromatic carbocycles. The lowest BCUT2D eigenvalue weighted by Gasteiger charge is -2.26. The Labute approximate surface area is 174 Å². The average molecular weight is 412 g/mol. The van der Waals surface area contributed by atoms with Crippen LogP contribution in [0.15, 0.2) is 47.6 Å². The van der Waals surface area contributed by atoms with E-state index in [9.17, 15) is 9.59 Å². The number of ether oxygens (including phenoxy) is 3. The molecule has 3 rings (SSSR count). The molecule has 0 saturated carbocycles. The summed E-state index contributed by atoms with van der Waals surface area (Å²) in [5.41, 5.74) is 9.62. The first-order valence-electron chi connectivity index (χ1n) is 9.42. The van der Waals surface area contributed by atoms with Crippen molar-refractivity contribution in [3.63, 3.8) is 0 Å². The van der Waals surface area contributed by atoms with Crippen LogP contribution in [0.2, 0.25) is 0 Å². The molecular formula is C21H24N4O5. The molecule has 1 fully saturated rings. The van der Waals surface area contributed by atoms with Crippen molar-refractivity contribution in [1.82, 2.24) is 10.3 Å². The van der Waals surface area contributed by atoms with Gasteiger partial charge in [0.25, 0.3) is 11.8 Å². The fourth-order valence-electron chi connectivity index (χ4n) is 2.86. The largest absolute Gasteiger partial charge is 0.493 e. The van der Waals surface area contributed by atoms with Crippen LogP contribution in [0.4, 0.5) is 5.69 Å². The van der Waals surface area contributed by atoms with Gasteiger partial charge in [-0.3, -0.25) is 9.59 Å². The van der Waals surface area contributed by atoms with Crippen molar-refractivity contribution >= 4 is 23.7 Å². The van der Waals surface area contributed by atoms with Crippen molar-refractivity contribution in [2.24, 2.45) is 5.10 Å². The van der Waals surface area contributed by atoms with Crippen LogP contribution in [-0.4, -0.2) is 62.9 Å². The normalized spacial score (nSPS) is 13.8. The van der Waals surface area contributed by atoms with E-state index in [2.05, 4.69) is 10.5 Å². The SMILES string of the molecule is COc1cc(/C=N/NC(=O)c2ccccc2N)ccc1OCC(=O)N1CCOCC1. The molecule has 0 aliphatic carbocycles. The van der Waals surface area contributed by atoms with E-state index < -0.39 is 5.91 Å². The summed E-state index contributed by atoms with van der Waals surface area (Å²) in [4.78, 5) is 26.0. The van der Waals surface area contributed by atoms with E-state index in [-0.39, 0.29) is 12.5 Å². The molecule has 1 saturated heterocycles. The smallest absolute Gasteiger partial charge is 0.273 e. The minimum atomic E-state index is -0.405. The predicted octanol–water partition coefficient (Wildman–Crippen LogP) is 1.28. The standard InChI is InChI=1S/C21H24N4O5/c1-28-19-12-15(13-23-24-21(27)16-4-2-3-5-17(16)22)6-7-18(19)30-14-20(26)25-8-10-29-11-9-25/h2-7,12-13H,8-11,14,22H2,1H3,(H,24,27)/b23-13+. The van der Waals surface area contributed by atoms with Crippen molar-refractivity contribution in [2.75, 3.05) is 45.8 Å². The molecule has 0 atom stereocenters. The van der Waals surface area contributed by atoms with Gasteiger partial charge in [0.15, 0.2) is 18.1 Å². The Morgan fingerprint density at radius 3 is 2.70 bits per heavy atom. The highest BCUT2D eigenvalue weighted by Crippen LogP contribution is 2.27. The van der Waals surface area contributed by atoms with Gasteiger partial charge in [-0.05, 0) is 35.9 Å². The zero-order valence-electron chi connectivity index (χ0n) is 16.7. The molecule has 30 heavy (non-hydrogen) atoms. The van der Waals surface area contributed by atoms with Crippen LogP contribution in [-0.2, 0) is 9.53 Å². The van der Waals surface area contributed by atoms with Crippen LogP contribution >= 0.6 is 0 Å². The maximum absolute atomic E-state index is 12.2. The van der Waals surface area contributed by atoms with Crippen molar-refractivity contribution in [1.29, 1.82) is 0 Å². The van der Waals surface area contributed by atoms with Crippen LogP contribution in [0.1, 0.15) is 15.9 Å². The third-order valence-electron chi connectivity index (χ3n) is 4.49. The lowest BCUT2D eigenvalue weighted by atomic mass is 10.2. The third kappa shape index (κ3) is 5.48. The minimum Gasteiger partial charge on any atom is -0.493 e. The first-order valence-corrected chi connectivity index (χ1v) is 9.42. The minimum absolute atomic E-state index is 0.0850. The summed E-state index contributed by atoms with van der Waals surface area (Å²) < 4.78 is 16.2. The molecule has 0 spiro atoms. The molecule has 1 aliphatic rings. The maximum atomic E-state index is 12.2. The molecule has 3 N–H and O–H groups in total. The Kier molecular flexibility index (Phi) is 7.23. The second kappa shape index (κ2) is 10.3. The first-order chi connectivity index (χ1) is 14.6. The summed E-state index contributed by atoms with van der Waals surface area (Å²) in [6, 6.07) is 11.9. The summed E-state index contributed by atoms with van der Waals surface area (Å²) in [5.74, 6) is 0.386. The van der Waals surface area contributed by atoms with Gasteiger partial charge in [-0.25, -0.2) is 5.43 Å². The highest BCUT2D eigenvalue weighted by Gasteiger charge is 2.18. The van der Waals surface area contributed by atoms with Gasteiger partial charge in [-0.1, -0.05) is 12.1 Å². The van der Waals surface area contributed by atoms with Crippen LogP contribution in [0.3, 0.4) is 0 Å². The molecule has 2 aromatic rings. The van der Waals surface area contributed by atoms with Gasteiger partial charge < -0.3 is 24.8 Å². The van der Waals surface area contributed by atoms with Crippen molar-refractivity contribution in [2.45, 2.75) is 0 Å². The van der Waals surface area contributed by atoms with Gasteiger partial charge >= 0.3 is 0 Å². The molecule has 1 aliphatic heterocycles. The summed E-state index contributed by atoms with van der Waals surface area (Å²) in [5, 5.41) is 3.95. The van der Waals surface area contributed by atoms with Gasteiger partial charge in [-0.2, -0.15) is 5.10 Å². The number of nitrogen functional groups attached to an aromatic ring is 1. The number of morpholine rings is 1. The Hall–Kier alpha value is -3.59. The van der Waals surface area contributed by atoms with E-state index in [1.165, 1.54) is 13.3 Å². The number of nitrogens with one attached hydrogen (secondary N) is 1. The Morgan fingerprint density at radius 2 is 1.97 bits per heavy atom. The average Bonchev–Trinajstić information content (AvgIpc) is 2.78. The number of nitrogens with zero attached hydrogens (tertiary/aromatic N) is 2. The number of hydrazone groups is 1. The number of amides is 2. The molecule has 0 aromatic heterocycles. The van der Waals surface area contributed by atoms with E-state index in [0.717, 1.165) is 0 Å². The predicted molar refractivity (Wildman–Crippen MR) is 112 cm³/mol. The molecule has 0 bridgehead atoms. The van der Waals surface area contributed by atoms with Crippen molar-refractivity contribution in [3.8, 4) is 11.5 Å². The van der Waals surface area contributed by atoms with Crippen LogP contribution < -0.4 is 20.6 Å². The molecular weight excluding hydrogens is 388 g/mol. The topological polar surface area (TPSA) is 115 Å². The maximum Gasteiger partial charge on any atom is 0.273 e. The van der Waals surface area contributed by atoms with E-state index in [1.54, 1.807) is 47.4 Å². The summed E-state index contributed by atoms with van der Waals surface area (Å²) in [6.45, 7) is 2.12. The molecule has 9 heteroatoms. The Morgan fingerprint density at radius 1 is 1.20 bits per heavy atom. The van der Waals surface area contributed by atoms with E-state index in [4.69, 9.17) is 19.9 Å². The van der Waals surface area contributed by atoms with E-state index >= 15 is 0 Å². The third-order valence-corrected chi connectivity index (χ3v) is 4.49. The number of benzene rings is 2. The zero-order valence-corrected chi connectivity index (χ0v) is 16.7. The number of nitrogens with two attached hydrogens (primary N) is 1. The Balaban J connectivity index is 1.58. The number of anilines is 1. The fraction of sp³-hybridized carbons (Fsp3) is 0.286. The van der Waals surface area contributed by atoms with Gasteiger partial charge in [-0.15, -0.1) is 0 Å². The number of rotatable bonds is 7. The van der Waals surface area contributed by atoms with Crippen molar-refractivity contribution in [3.05, 3.63) is 53.6 Å². The second-order valence-electron chi connectivity index (χ2n) is 6.48. The molecule has 0 unspecified atom stereocenters. The Bertz CT molecular complexity index is 925. The number of methoxy groups -OCH3 is 1. The lowest BCUT2D eigenvalue weighted by molar-refractivity contribution is -0.137. The lowest BCUT2D eigenvalue weighted by Crippen LogP contribution is -2.43. The van der Waals surface area contributed by atoms with Gasteiger partial charge in [0, 0.05) is 18.8 Å². The van der Waals surface area contributed by atoms with Gasteiger partial charge in [0.05, 0.1) is 32.1 Å². The first kappa shape index (κ1) is 21.1. The molecule has 158 valence electrons. The number of para-hydroxylation sites is 1. The molecule has 2 amide bonds. The summed E-state index contributed by atoms with van der Waals surface area (Å²) >= 11 is 0. The summed E-state index contributed by atoms with van der Waals surface area (Å²) in [7, 11) is 1.51. The number of carbonyl (C=O) groups is 2. The van der Waals surface area contributed by atoms with E-state index in [0.29, 0.717) is 54.6 Å². The highest BCUT2D eigenvalue weighted by molar-refractivity contribution is 5.99. The molecule has 0 radical (unpaired) electrons. The van der Waals surface area contributed by atoms with Crippen LogP contribution in [0, 0.1) is 0 Å². The van der Waals surface area contributed by atoms with E-state index in [1.807, 2.05) is 0 Å². The summed E-state index contributed by atoms with van der Waals surface area (Å²) in [6.07, 6.45) is 1.47. The number of hydrogen-bond acceptors (Lipinski definition) is 7. The number of hydrogen-bond donors (Lipinski definition) is 2. The van der Waals surface area contributed by atoms with Crippen LogP contribution in [0.5, 0.6) is 11.5 Å². The van der Waals surface area contributed by atoms with Crippen LogP contribution in [0.25, 0.3) is 0 Å². The quantitative estimate of drug-likeness (QED) is 0.402. The van der Waals surface area contributed by atoms with Gasteiger partial charge in [0.2, 0.25) is 0 Å². The number of carbonyl (C=O) groups excluding carboxylic acids is 2.